The number of alkyl halides is 13. The third-order valence-electron chi connectivity index (χ3n) is 5.31. The molecule has 37 heavy (non-hydrogen) atoms. The van der Waals surface area contributed by atoms with Crippen LogP contribution in [0.4, 0.5) is 57.1 Å². The molecule has 0 saturated carbocycles. The van der Waals surface area contributed by atoms with E-state index in [-0.39, 0.29) is 19.3 Å². The largest absolute Gasteiger partial charge is 0.501 e. The Hall–Kier alpha value is -0.813. The van der Waals surface area contributed by atoms with Gasteiger partial charge in [-0.25, -0.2) is 0 Å². The van der Waals surface area contributed by atoms with Gasteiger partial charge in [0.15, 0.2) is 0 Å². The van der Waals surface area contributed by atoms with Gasteiger partial charge in [-0.2, -0.15) is 57.1 Å². The Balaban J connectivity index is 6.60. The molecule has 0 aliphatic rings. The number of unbranched alkanes of at least 4 members (excludes halogenated alkanes) is 2. The maximum absolute atomic E-state index is 14.9. The predicted octanol–water partition coefficient (Wildman–Crippen LogP) is 8.50. The van der Waals surface area contributed by atoms with E-state index in [1.807, 2.05) is 0 Å². The zero-order valence-corrected chi connectivity index (χ0v) is 21.6. The van der Waals surface area contributed by atoms with Gasteiger partial charge in [0.1, 0.15) is 6.10 Å². The molecule has 0 aromatic carbocycles. The SMILES string of the molecule is CCCCO[Si](CC)(OCCCC)OC(CCC)C(F)(F)C(F)(F)C(F)(F)C(F)(F)C(F)(F)C(F)(F)F. The van der Waals surface area contributed by atoms with Crippen molar-refractivity contribution in [3.05, 3.63) is 0 Å². The second-order valence-electron chi connectivity index (χ2n) is 8.25. The molecule has 0 rings (SSSR count). The van der Waals surface area contributed by atoms with Crippen LogP contribution < -0.4 is 0 Å². The van der Waals surface area contributed by atoms with Crippen LogP contribution in [0.5, 0.6) is 0 Å². The maximum Gasteiger partial charge on any atom is 0.501 e. The average Bonchev–Trinajstić information content (AvgIpc) is 2.77. The van der Waals surface area contributed by atoms with E-state index in [1.54, 1.807) is 13.8 Å². The first kappa shape index (κ1) is 36.2. The van der Waals surface area contributed by atoms with Crippen LogP contribution in [-0.4, -0.2) is 63.9 Å². The summed E-state index contributed by atoms with van der Waals surface area (Å²) in [7, 11) is -4.38. The molecule has 0 spiro atoms. The molecule has 1 atom stereocenters. The van der Waals surface area contributed by atoms with Gasteiger partial charge in [0.25, 0.3) is 0 Å². The van der Waals surface area contributed by atoms with Gasteiger partial charge in [-0.15, -0.1) is 0 Å². The van der Waals surface area contributed by atoms with Crippen LogP contribution in [0.25, 0.3) is 0 Å². The molecule has 0 aromatic rings. The molecule has 0 aliphatic heterocycles. The van der Waals surface area contributed by atoms with Crippen LogP contribution in [0.3, 0.4) is 0 Å². The van der Waals surface area contributed by atoms with Gasteiger partial charge in [0.2, 0.25) is 0 Å². The van der Waals surface area contributed by atoms with E-state index in [2.05, 4.69) is 0 Å². The summed E-state index contributed by atoms with van der Waals surface area (Å²) in [5, 5.41) is 0. The molecule has 3 nitrogen and oxygen atoms in total. The standard InChI is InChI=1S/C20H31F13O3Si/c1-5-9-12-34-37(8-4,35-13-10-6-2)36-14(11-7-3)15(21,22)16(23,24)17(25,26)18(27,28)19(29,30)20(31,32)33/h14H,5-13H2,1-4H3. The van der Waals surface area contributed by atoms with Gasteiger partial charge in [-0.05, 0) is 19.3 Å². The molecule has 0 aliphatic carbocycles. The minimum Gasteiger partial charge on any atom is -0.373 e. The molecule has 0 amide bonds. The van der Waals surface area contributed by atoms with Gasteiger partial charge < -0.3 is 13.3 Å². The van der Waals surface area contributed by atoms with Crippen LogP contribution in [0.15, 0.2) is 0 Å². The Kier molecular flexibility index (Phi) is 12.7. The van der Waals surface area contributed by atoms with Crippen molar-refractivity contribution in [1.82, 2.24) is 0 Å². The summed E-state index contributed by atoms with van der Waals surface area (Å²) in [5.74, 6) is -37.4. The van der Waals surface area contributed by atoms with E-state index >= 15 is 0 Å². The molecule has 0 heterocycles. The maximum atomic E-state index is 14.9. The van der Waals surface area contributed by atoms with E-state index in [1.165, 1.54) is 6.92 Å². The Morgan fingerprint density at radius 3 is 1.30 bits per heavy atom. The molecule has 0 bridgehead atoms. The lowest BCUT2D eigenvalue weighted by atomic mass is 9.90. The molecule has 0 aromatic heterocycles. The molecule has 0 N–H and O–H groups in total. The third kappa shape index (κ3) is 7.24. The van der Waals surface area contributed by atoms with E-state index < -0.39 is 63.5 Å². The average molecular weight is 595 g/mol. The van der Waals surface area contributed by atoms with Crippen LogP contribution >= 0.6 is 0 Å². The monoisotopic (exact) mass is 594 g/mol. The highest BCUT2D eigenvalue weighted by molar-refractivity contribution is 6.60. The van der Waals surface area contributed by atoms with Crippen molar-refractivity contribution in [2.75, 3.05) is 13.2 Å². The number of halogens is 13. The fraction of sp³-hybridized carbons (Fsp3) is 1.00. The summed E-state index contributed by atoms with van der Waals surface area (Å²) in [6, 6.07) is -0.360. The molecule has 0 fully saturated rings. The van der Waals surface area contributed by atoms with Gasteiger partial charge in [0.05, 0.1) is 0 Å². The Bertz CT molecular complexity index is 677. The molecular formula is C20H31F13O3Si. The van der Waals surface area contributed by atoms with Crippen molar-refractivity contribution in [3.8, 4) is 0 Å². The van der Waals surface area contributed by atoms with Gasteiger partial charge in [-0.1, -0.05) is 47.0 Å². The highest BCUT2D eigenvalue weighted by Gasteiger charge is 2.91. The molecule has 17 heteroatoms. The van der Waals surface area contributed by atoms with Crippen LogP contribution in [0, 0.1) is 0 Å². The van der Waals surface area contributed by atoms with Crippen LogP contribution in [0.2, 0.25) is 6.04 Å². The lowest BCUT2D eigenvalue weighted by Crippen LogP contribution is -2.72. The van der Waals surface area contributed by atoms with Crippen molar-refractivity contribution in [2.45, 2.75) is 114 Å². The summed E-state index contributed by atoms with van der Waals surface area (Å²) in [6.45, 7) is 5.37. The highest BCUT2D eigenvalue weighted by Crippen LogP contribution is 2.61. The van der Waals surface area contributed by atoms with Crippen LogP contribution in [-0.2, 0) is 13.3 Å². The van der Waals surface area contributed by atoms with E-state index in [0.717, 1.165) is 6.92 Å². The lowest BCUT2D eigenvalue weighted by Gasteiger charge is -2.43. The van der Waals surface area contributed by atoms with Crippen molar-refractivity contribution in [1.29, 1.82) is 0 Å². The number of rotatable bonds is 18. The topological polar surface area (TPSA) is 27.7 Å². The number of hydrogen-bond acceptors (Lipinski definition) is 3. The van der Waals surface area contributed by atoms with E-state index in [4.69, 9.17) is 13.3 Å². The minimum absolute atomic E-state index is 0.199. The molecule has 0 saturated heterocycles. The van der Waals surface area contributed by atoms with Crippen molar-refractivity contribution >= 4 is 8.80 Å². The lowest BCUT2D eigenvalue weighted by molar-refractivity contribution is -0.444. The highest BCUT2D eigenvalue weighted by atomic mass is 28.4. The summed E-state index contributed by atoms with van der Waals surface area (Å²) < 4.78 is 193. The van der Waals surface area contributed by atoms with E-state index in [0.29, 0.717) is 25.7 Å². The van der Waals surface area contributed by atoms with Crippen molar-refractivity contribution < 1.29 is 70.4 Å². The summed E-state index contributed by atoms with van der Waals surface area (Å²) in [4.78, 5) is 0. The predicted molar refractivity (Wildman–Crippen MR) is 109 cm³/mol. The normalized spacial score (nSPS) is 15.8. The molecular weight excluding hydrogens is 563 g/mol. The zero-order valence-electron chi connectivity index (χ0n) is 20.6. The zero-order chi connectivity index (χ0) is 29.6. The second-order valence-corrected chi connectivity index (χ2v) is 11.1. The molecule has 224 valence electrons. The van der Waals surface area contributed by atoms with E-state index in [9.17, 15) is 57.1 Å². The van der Waals surface area contributed by atoms with Crippen LogP contribution in [0.1, 0.15) is 66.2 Å². The molecule has 0 radical (unpaired) electrons. The van der Waals surface area contributed by atoms with Crippen molar-refractivity contribution in [2.24, 2.45) is 0 Å². The van der Waals surface area contributed by atoms with Crippen molar-refractivity contribution in [3.63, 3.8) is 0 Å². The first-order valence-corrected chi connectivity index (χ1v) is 13.4. The third-order valence-corrected chi connectivity index (χ3v) is 8.11. The summed E-state index contributed by atoms with van der Waals surface area (Å²) >= 11 is 0. The molecule has 1 unspecified atom stereocenters. The van der Waals surface area contributed by atoms with Gasteiger partial charge >= 0.3 is 44.6 Å². The smallest absolute Gasteiger partial charge is 0.373 e. The Morgan fingerprint density at radius 2 is 0.973 bits per heavy atom. The fourth-order valence-electron chi connectivity index (χ4n) is 2.92. The first-order valence-electron chi connectivity index (χ1n) is 11.5. The quantitative estimate of drug-likeness (QED) is 0.0905. The number of hydrogen-bond donors (Lipinski definition) is 0. The second kappa shape index (κ2) is 13.0. The first-order chi connectivity index (χ1) is 16.6. The fourth-order valence-corrected chi connectivity index (χ4v) is 5.32. The van der Waals surface area contributed by atoms with Gasteiger partial charge in [-0.3, -0.25) is 0 Å². The summed E-state index contributed by atoms with van der Waals surface area (Å²) in [5.41, 5.74) is 0. The Morgan fingerprint density at radius 1 is 0.568 bits per heavy atom. The Labute approximate surface area is 207 Å². The van der Waals surface area contributed by atoms with Gasteiger partial charge in [0, 0.05) is 19.3 Å². The minimum atomic E-state index is -7.96. The summed E-state index contributed by atoms with van der Waals surface area (Å²) in [6.07, 6.45) is -10.9.